The standard InChI is InChI=1S/C28H32N2O2S2/c1-23-17-19-27(20-18-23)34(31,32)29-28-21-22-33(25-13-7-3-8-14-25,26-15-9-4-10-16-26)30(28)24-11-5-2-6-12-24/h2-3,5-8,11-14,17-20,26H,4,9-10,15-16,21-22H2,1H3. The average molecular weight is 493 g/mol. The summed E-state index contributed by atoms with van der Waals surface area (Å²) < 4.78 is 33.7. The van der Waals surface area contributed by atoms with Crippen LogP contribution in [0, 0.1) is 6.92 Å². The van der Waals surface area contributed by atoms with Crippen LogP contribution in [0.4, 0.5) is 5.69 Å². The Morgan fingerprint density at radius 2 is 1.44 bits per heavy atom. The van der Waals surface area contributed by atoms with Crippen molar-refractivity contribution in [3.8, 4) is 0 Å². The minimum atomic E-state index is -3.80. The maximum absolute atomic E-state index is 13.4. The highest BCUT2D eigenvalue weighted by atomic mass is 32.3. The normalized spacial score (nSPS) is 24.7. The molecule has 0 radical (unpaired) electrons. The number of aryl methyl sites for hydroxylation is 1. The van der Waals surface area contributed by atoms with Crippen molar-refractivity contribution in [3.05, 3.63) is 90.5 Å². The molecule has 1 unspecified atom stereocenters. The highest BCUT2D eigenvalue weighted by molar-refractivity contribution is 8.36. The van der Waals surface area contributed by atoms with Crippen molar-refractivity contribution in [2.24, 2.45) is 4.40 Å². The van der Waals surface area contributed by atoms with Crippen LogP contribution in [0.2, 0.25) is 0 Å². The van der Waals surface area contributed by atoms with Crippen molar-refractivity contribution >= 4 is 31.8 Å². The minimum Gasteiger partial charge on any atom is -0.286 e. The molecule has 178 valence electrons. The molecule has 0 bridgehead atoms. The third kappa shape index (κ3) is 4.29. The van der Waals surface area contributed by atoms with Crippen LogP contribution in [-0.2, 0) is 10.0 Å². The van der Waals surface area contributed by atoms with Gasteiger partial charge in [0.25, 0.3) is 10.0 Å². The van der Waals surface area contributed by atoms with E-state index in [1.807, 2.05) is 37.3 Å². The second kappa shape index (κ2) is 9.59. The Hall–Kier alpha value is -2.57. The number of hydrogen-bond acceptors (Lipinski definition) is 2. The van der Waals surface area contributed by atoms with Crippen LogP contribution in [0.5, 0.6) is 0 Å². The number of benzene rings is 3. The summed E-state index contributed by atoms with van der Waals surface area (Å²) >= 11 is 0. The topological polar surface area (TPSA) is 49.7 Å². The van der Waals surface area contributed by atoms with Gasteiger partial charge in [0.2, 0.25) is 0 Å². The van der Waals surface area contributed by atoms with Gasteiger partial charge in [-0.3, -0.25) is 4.31 Å². The lowest BCUT2D eigenvalue weighted by Gasteiger charge is -2.51. The molecule has 3 aromatic carbocycles. The number of hydrogen-bond donors (Lipinski definition) is 0. The summed E-state index contributed by atoms with van der Waals surface area (Å²) in [6.07, 6.45) is 6.80. The zero-order valence-corrected chi connectivity index (χ0v) is 21.3. The lowest BCUT2D eigenvalue weighted by Crippen LogP contribution is -2.36. The van der Waals surface area contributed by atoms with Crippen LogP contribution in [0.15, 0.2) is 99.1 Å². The predicted octanol–water partition coefficient (Wildman–Crippen LogP) is 7.10. The Morgan fingerprint density at radius 1 is 0.824 bits per heavy atom. The average Bonchev–Trinajstić information content (AvgIpc) is 3.25. The van der Waals surface area contributed by atoms with Crippen molar-refractivity contribution in [1.82, 2.24) is 0 Å². The first-order valence-electron chi connectivity index (χ1n) is 12.1. The van der Waals surface area contributed by atoms with E-state index in [4.69, 9.17) is 0 Å². The van der Waals surface area contributed by atoms with Crippen LogP contribution in [-0.4, -0.2) is 25.3 Å². The fraction of sp³-hybridized carbons (Fsp3) is 0.321. The van der Waals surface area contributed by atoms with Crippen molar-refractivity contribution in [2.75, 3.05) is 10.1 Å². The van der Waals surface area contributed by atoms with E-state index in [-0.39, 0.29) is 4.90 Å². The monoisotopic (exact) mass is 492 g/mol. The fourth-order valence-electron chi connectivity index (χ4n) is 5.36. The van der Waals surface area contributed by atoms with Gasteiger partial charge in [-0.2, -0.15) is 8.42 Å². The first-order chi connectivity index (χ1) is 16.5. The van der Waals surface area contributed by atoms with Crippen molar-refractivity contribution in [1.29, 1.82) is 0 Å². The molecule has 2 fully saturated rings. The maximum atomic E-state index is 13.4. The largest absolute Gasteiger partial charge is 0.286 e. The molecule has 1 aliphatic carbocycles. The summed E-state index contributed by atoms with van der Waals surface area (Å²) in [5, 5.41) is 0.527. The number of amidine groups is 1. The lowest BCUT2D eigenvalue weighted by atomic mass is 10.0. The second-order valence-corrected chi connectivity index (χ2v) is 14.2. The zero-order chi connectivity index (χ0) is 23.6. The van der Waals surface area contributed by atoms with Gasteiger partial charge in [0.1, 0.15) is 5.84 Å². The summed E-state index contributed by atoms with van der Waals surface area (Å²) in [6.45, 7) is 1.96. The van der Waals surface area contributed by atoms with Gasteiger partial charge in [-0.1, -0.05) is 73.4 Å². The number of nitrogens with zero attached hydrogens (tertiary/aromatic N) is 2. The molecule has 0 amide bonds. The van der Waals surface area contributed by atoms with Crippen molar-refractivity contribution in [2.45, 2.75) is 60.5 Å². The lowest BCUT2D eigenvalue weighted by molar-refractivity contribution is 0.511. The minimum absolute atomic E-state index is 0.253. The van der Waals surface area contributed by atoms with Gasteiger partial charge in [0, 0.05) is 22.3 Å². The summed E-state index contributed by atoms with van der Waals surface area (Å²) in [5.74, 6) is 1.62. The van der Waals surface area contributed by atoms with Gasteiger partial charge >= 0.3 is 0 Å². The fourth-order valence-corrected chi connectivity index (χ4v) is 11.3. The van der Waals surface area contributed by atoms with E-state index in [1.165, 1.54) is 37.0 Å². The molecule has 1 heterocycles. The number of anilines is 1. The molecule has 1 saturated carbocycles. The van der Waals surface area contributed by atoms with Gasteiger partial charge in [-0.05, 0) is 56.2 Å². The SMILES string of the molecule is Cc1ccc(S(=O)(=O)N=C2CCS(c3ccccc3)(C3CCCCC3)N2c2ccccc2)cc1. The molecular weight excluding hydrogens is 460 g/mol. The summed E-state index contributed by atoms with van der Waals surface area (Å²) in [6, 6.07) is 28.1. The molecule has 2 aliphatic rings. The summed E-state index contributed by atoms with van der Waals surface area (Å²) in [4.78, 5) is 1.59. The van der Waals surface area contributed by atoms with E-state index in [0.29, 0.717) is 17.5 Å². The first-order valence-corrected chi connectivity index (χ1v) is 15.4. The van der Waals surface area contributed by atoms with E-state index in [2.05, 4.69) is 51.2 Å². The van der Waals surface area contributed by atoms with Gasteiger partial charge < -0.3 is 0 Å². The highest BCUT2D eigenvalue weighted by Crippen LogP contribution is 2.69. The molecule has 0 N–H and O–H groups in total. The van der Waals surface area contributed by atoms with Crippen LogP contribution in [0.1, 0.15) is 44.1 Å². The Morgan fingerprint density at radius 3 is 2.09 bits per heavy atom. The van der Waals surface area contributed by atoms with E-state index in [9.17, 15) is 8.42 Å². The maximum Gasteiger partial charge on any atom is 0.283 e. The third-order valence-corrected chi connectivity index (χ3v) is 12.9. The highest BCUT2D eigenvalue weighted by Gasteiger charge is 2.47. The van der Waals surface area contributed by atoms with Crippen molar-refractivity contribution in [3.63, 3.8) is 0 Å². The van der Waals surface area contributed by atoms with E-state index in [0.717, 1.165) is 17.0 Å². The Kier molecular flexibility index (Phi) is 6.54. The van der Waals surface area contributed by atoms with Crippen LogP contribution >= 0.6 is 10.2 Å². The Labute approximate surface area is 205 Å². The molecule has 34 heavy (non-hydrogen) atoms. The van der Waals surface area contributed by atoms with Crippen LogP contribution < -0.4 is 4.31 Å². The number of sulfonamides is 1. The summed E-state index contributed by atoms with van der Waals surface area (Å²) in [5.41, 5.74) is 2.07. The molecular formula is C28H32N2O2S2. The molecule has 1 aliphatic heterocycles. The Bertz CT molecular complexity index is 1250. The zero-order valence-electron chi connectivity index (χ0n) is 19.6. The first kappa shape index (κ1) is 23.2. The third-order valence-electron chi connectivity index (χ3n) is 6.99. The number of para-hydroxylation sites is 1. The predicted molar refractivity (Wildman–Crippen MR) is 143 cm³/mol. The molecule has 5 rings (SSSR count). The number of rotatable bonds is 5. The van der Waals surface area contributed by atoms with Crippen molar-refractivity contribution < 1.29 is 8.42 Å². The summed E-state index contributed by atoms with van der Waals surface area (Å²) in [7, 11) is -5.31. The molecule has 1 saturated heterocycles. The van der Waals surface area contributed by atoms with E-state index in [1.54, 1.807) is 12.1 Å². The quantitative estimate of drug-likeness (QED) is 0.381. The molecule has 0 spiro atoms. The molecule has 6 heteroatoms. The second-order valence-electron chi connectivity index (χ2n) is 9.21. The molecule has 4 nitrogen and oxygen atoms in total. The molecule has 0 aromatic heterocycles. The van der Waals surface area contributed by atoms with E-state index >= 15 is 0 Å². The molecule has 3 aromatic rings. The van der Waals surface area contributed by atoms with Gasteiger partial charge in [-0.15, -0.1) is 14.6 Å². The van der Waals surface area contributed by atoms with Gasteiger partial charge in [-0.25, -0.2) is 0 Å². The molecule has 1 atom stereocenters. The van der Waals surface area contributed by atoms with Crippen LogP contribution in [0.25, 0.3) is 0 Å². The van der Waals surface area contributed by atoms with E-state index < -0.39 is 20.2 Å². The Balaban J connectivity index is 1.68. The smallest absolute Gasteiger partial charge is 0.283 e. The van der Waals surface area contributed by atoms with Gasteiger partial charge in [0.05, 0.1) is 10.6 Å². The van der Waals surface area contributed by atoms with Crippen LogP contribution in [0.3, 0.4) is 0 Å². The van der Waals surface area contributed by atoms with Gasteiger partial charge in [0.15, 0.2) is 0 Å².